The average molecular weight is 744 g/mol. The molecule has 0 aromatic carbocycles. The first kappa shape index (κ1) is 37.9. The van der Waals surface area contributed by atoms with Gasteiger partial charge in [0.2, 0.25) is 23.6 Å². The van der Waals surface area contributed by atoms with Crippen molar-refractivity contribution in [2.75, 3.05) is 26.7 Å². The number of hydrogen-bond acceptors (Lipinski definition) is 10. The summed E-state index contributed by atoms with van der Waals surface area (Å²) in [4.78, 5) is 26.2. The van der Waals surface area contributed by atoms with Crippen molar-refractivity contribution in [3.8, 4) is 0 Å². The van der Waals surface area contributed by atoms with Crippen LogP contribution in [0.3, 0.4) is 0 Å². The molecule has 10 rings (SSSR count). The molecule has 0 aromatic rings. The van der Waals surface area contributed by atoms with Gasteiger partial charge in [-0.15, -0.1) is 0 Å². The Kier molecular flexibility index (Phi) is 9.68. The van der Waals surface area contributed by atoms with Gasteiger partial charge in [0.25, 0.3) is 0 Å². The van der Waals surface area contributed by atoms with Gasteiger partial charge in [0.15, 0.2) is 23.3 Å². The third-order valence-corrected chi connectivity index (χ3v) is 14.7. The molecule has 14 atom stereocenters. The average Bonchev–Trinajstić information content (AvgIpc) is 3.45. The molecule has 2 aliphatic carbocycles. The van der Waals surface area contributed by atoms with E-state index in [1.807, 2.05) is 25.8 Å². The molecule has 0 unspecified atom stereocenters. The maximum Gasteiger partial charge on any atom is 0.449 e. The summed E-state index contributed by atoms with van der Waals surface area (Å²) in [5.41, 5.74) is -1.46. The number of hydrogen-bond donors (Lipinski definition) is 0. The van der Waals surface area contributed by atoms with Gasteiger partial charge in [-0.25, -0.2) is 19.6 Å². The highest BCUT2D eigenvalue weighted by Crippen LogP contribution is 2.63. The predicted molar refractivity (Wildman–Crippen MR) is 180 cm³/mol. The fraction of sp³-hybridized carbons (Fsp3) is 0.949. The molecule has 52 heavy (non-hydrogen) atoms. The van der Waals surface area contributed by atoms with Crippen LogP contribution in [0.2, 0.25) is 0 Å². The molecular weight excluding hydrogens is 683 g/mol. The number of unbranched alkanes of at least 4 members (excludes halogenated alkanes) is 3. The lowest BCUT2D eigenvalue weighted by Gasteiger charge is -2.62. The van der Waals surface area contributed by atoms with Gasteiger partial charge in [-0.1, -0.05) is 33.6 Å². The van der Waals surface area contributed by atoms with E-state index >= 15 is 0 Å². The number of likely N-dealkylation sites (N-methyl/N-ethyl adjacent to an activating group) is 1. The van der Waals surface area contributed by atoms with Gasteiger partial charge in [0, 0.05) is 43.1 Å². The summed E-state index contributed by atoms with van der Waals surface area (Å²) in [6.07, 6.45) is 3.83. The molecule has 9 fully saturated rings. The molecular formula is C39H60F3NO9. The van der Waals surface area contributed by atoms with Gasteiger partial charge < -0.3 is 28.6 Å². The maximum atomic E-state index is 14.6. The fourth-order valence-corrected chi connectivity index (χ4v) is 11.6. The van der Waals surface area contributed by atoms with Gasteiger partial charge in [-0.2, -0.15) is 13.2 Å². The van der Waals surface area contributed by atoms with Crippen LogP contribution in [-0.2, 0) is 43.2 Å². The number of halogens is 3. The summed E-state index contributed by atoms with van der Waals surface area (Å²) < 4.78 is 75.6. The third kappa shape index (κ3) is 6.01. The highest BCUT2D eigenvalue weighted by atomic mass is 19.4. The lowest BCUT2D eigenvalue weighted by molar-refractivity contribution is -0.585. The number of fused-ring (bicyclic) bond motifs is 4. The van der Waals surface area contributed by atoms with Crippen LogP contribution in [0.5, 0.6) is 0 Å². The van der Waals surface area contributed by atoms with Crippen molar-refractivity contribution < 1.29 is 56.4 Å². The summed E-state index contributed by atoms with van der Waals surface area (Å²) in [6.45, 7) is 13.7. The Labute approximate surface area is 306 Å². The molecule has 0 aromatic heterocycles. The van der Waals surface area contributed by atoms with Crippen LogP contribution in [0.15, 0.2) is 11.3 Å². The standard InChI is InChI=1S/C39H60F3NO9/c1-23-12-14-29-25(3)36(6,48-33-37(29)27(23)16-19-35(5,47-33)50-51-37)44-21-11-9-8-10-20-43(7)22-26-30-15-13-24(2)28-17-18-34(4)46-32(38(28,30)52-49-34)45-31(26)39(40,41)42/h23-25,27-30,32-33H,8-22H2,1-7H3/t23-,24-,25-,27+,28+,29+,30+,32-,33+,34+,35+,36+,37-,38-/m1/s1. The van der Waals surface area contributed by atoms with Crippen LogP contribution >= 0.6 is 0 Å². The molecule has 10 aliphatic rings. The number of alkyl halides is 3. The molecule has 2 saturated carbocycles. The van der Waals surface area contributed by atoms with E-state index in [4.69, 9.17) is 43.2 Å². The molecule has 0 radical (unpaired) electrons. The molecule has 13 heteroatoms. The first-order valence-corrected chi connectivity index (χ1v) is 20.1. The second-order valence-corrected chi connectivity index (χ2v) is 18.2. The summed E-state index contributed by atoms with van der Waals surface area (Å²) >= 11 is 0. The van der Waals surface area contributed by atoms with Crippen molar-refractivity contribution in [3.05, 3.63) is 11.3 Å². The molecule has 8 aliphatic heterocycles. The highest BCUT2D eigenvalue weighted by Gasteiger charge is 2.72. The van der Waals surface area contributed by atoms with Gasteiger partial charge in [0.05, 0.1) is 6.61 Å². The number of rotatable bonds is 10. The van der Waals surface area contributed by atoms with Gasteiger partial charge in [0.1, 0.15) is 0 Å². The molecule has 7 saturated heterocycles. The van der Waals surface area contributed by atoms with E-state index in [1.54, 1.807) is 6.92 Å². The van der Waals surface area contributed by atoms with Crippen LogP contribution in [0.4, 0.5) is 13.2 Å². The zero-order valence-corrected chi connectivity index (χ0v) is 32.1. The van der Waals surface area contributed by atoms with E-state index in [-0.39, 0.29) is 35.8 Å². The summed E-state index contributed by atoms with van der Waals surface area (Å²) in [5, 5.41) is 0. The molecule has 10 nitrogen and oxygen atoms in total. The van der Waals surface area contributed by atoms with Crippen LogP contribution in [0.25, 0.3) is 0 Å². The van der Waals surface area contributed by atoms with Crippen LogP contribution in [0, 0.1) is 41.4 Å². The van der Waals surface area contributed by atoms with Gasteiger partial charge in [-0.3, -0.25) is 0 Å². The third-order valence-electron chi connectivity index (χ3n) is 14.7. The van der Waals surface area contributed by atoms with Crippen molar-refractivity contribution in [1.29, 1.82) is 0 Å². The molecule has 0 N–H and O–H groups in total. The van der Waals surface area contributed by atoms with Crippen molar-refractivity contribution in [2.45, 2.75) is 166 Å². The summed E-state index contributed by atoms with van der Waals surface area (Å²) in [5.74, 6) is -2.88. The van der Waals surface area contributed by atoms with E-state index < -0.39 is 59.0 Å². The molecule has 8 heterocycles. The van der Waals surface area contributed by atoms with E-state index in [0.29, 0.717) is 37.8 Å². The largest absolute Gasteiger partial charge is 0.456 e. The Bertz CT molecular complexity index is 1380. The maximum absolute atomic E-state index is 14.6. The smallest absolute Gasteiger partial charge is 0.449 e. The van der Waals surface area contributed by atoms with E-state index in [9.17, 15) is 13.2 Å². The minimum absolute atomic E-state index is 0.0213. The summed E-state index contributed by atoms with van der Waals surface area (Å²) in [7, 11) is 1.89. The number of nitrogens with zero attached hydrogens (tertiary/aromatic N) is 1. The SMILES string of the molecule is C[C@@H]1CC[C@H]2[C@@H](C)[C@@](C)(OCCCCCCN(C)CC3=C(C(F)(F)F)O[C@@H]4O[C@]5(C)CC[C@H]6[C@H](C)CC[C@@H]3[C@@]46OO5)O[C@@H]3O[C@]4(C)CC[C@@H]1[C@]32OO4. The predicted octanol–water partition coefficient (Wildman–Crippen LogP) is 8.16. The van der Waals surface area contributed by atoms with Crippen LogP contribution in [-0.4, -0.2) is 79.0 Å². The minimum atomic E-state index is -4.64. The lowest BCUT2D eigenvalue weighted by Crippen LogP contribution is -2.72. The van der Waals surface area contributed by atoms with Gasteiger partial charge in [-0.05, 0) is 109 Å². The first-order chi connectivity index (χ1) is 24.5. The highest BCUT2D eigenvalue weighted by molar-refractivity contribution is 5.29. The van der Waals surface area contributed by atoms with Crippen molar-refractivity contribution in [1.82, 2.24) is 4.90 Å². The Morgan fingerprint density at radius 1 is 0.712 bits per heavy atom. The fourth-order valence-electron chi connectivity index (χ4n) is 11.6. The molecule has 296 valence electrons. The second-order valence-electron chi connectivity index (χ2n) is 18.2. The van der Waals surface area contributed by atoms with E-state index in [1.165, 1.54) is 0 Å². The normalized spacial score (nSPS) is 49.6. The monoisotopic (exact) mass is 743 g/mol. The Morgan fingerprint density at radius 3 is 2.02 bits per heavy atom. The Hall–Kier alpha value is -1.03. The van der Waals surface area contributed by atoms with E-state index in [2.05, 4.69) is 20.8 Å². The quantitative estimate of drug-likeness (QED) is 0.162. The molecule has 0 amide bonds. The zero-order valence-electron chi connectivity index (χ0n) is 32.1. The second kappa shape index (κ2) is 13.3. The molecule has 2 spiro atoms. The van der Waals surface area contributed by atoms with Crippen LogP contribution < -0.4 is 0 Å². The first-order valence-electron chi connectivity index (χ1n) is 20.1. The van der Waals surface area contributed by atoms with E-state index in [0.717, 1.165) is 64.2 Å². The molecule has 4 bridgehead atoms. The van der Waals surface area contributed by atoms with Gasteiger partial charge >= 0.3 is 6.18 Å². The van der Waals surface area contributed by atoms with Crippen molar-refractivity contribution in [2.24, 2.45) is 41.4 Å². The topological polar surface area (TPSA) is 86.3 Å². The van der Waals surface area contributed by atoms with Crippen molar-refractivity contribution >= 4 is 0 Å². The zero-order chi connectivity index (χ0) is 36.9. The summed E-state index contributed by atoms with van der Waals surface area (Å²) in [6, 6.07) is 0. The number of allylic oxidation sites excluding steroid dienone is 1. The Morgan fingerprint density at radius 2 is 1.33 bits per heavy atom. The van der Waals surface area contributed by atoms with Crippen LogP contribution in [0.1, 0.15) is 119 Å². The lowest BCUT2D eigenvalue weighted by atomic mass is 9.57. The Balaban J connectivity index is 0.857. The number of ether oxygens (including phenoxy) is 5. The van der Waals surface area contributed by atoms with Crippen molar-refractivity contribution in [3.63, 3.8) is 0 Å². The minimum Gasteiger partial charge on any atom is -0.456 e.